The third kappa shape index (κ3) is 4.01. The molecule has 3 heteroatoms. The Balaban J connectivity index is 2.05. The van der Waals surface area contributed by atoms with E-state index >= 15 is 0 Å². The van der Waals surface area contributed by atoms with E-state index in [9.17, 15) is 4.79 Å². The first-order valence-corrected chi connectivity index (χ1v) is 10.1. The van der Waals surface area contributed by atoms with Gasteiger partial charge in [-0.15, -0.1) is 0 Å². The van der Waals surface area contributed by atoms with Gasteiger partial charge in [-0.1, -0.05) is 84.4 Å². The zero-order valence-electron chi connectivity index (χ0n) is 17.1. The number of hydrogen-bond donors (Lipinski definition) is 0. The standard InChI is InChI=1S/C27H23NO2/c1-3-30-27(29)26-25(21-12-8-5-9-13-21)22(16-15-20-10-6-4-7-11-20)23-18-19(2)14-17-24(23)28-26/h4-18H,3H2,1-2H3/b16-15+. The quantitative estimate of drug-likeness (QED) is 0.361. The number of carbonyl (C=O) groups excluding carboxylic acids is 1. The number of esters is 1. The predicted octanol–water partition coefficient (Wildman–Crippen LogP) is 6.56. The molecule has 0 unspecified atom stereocenters. The van der Waals surface area contributed by atoms with Crippen molar-refractivity contribution >= 4 is 29.0 Å². The van der Waals surface area contributed by atoms with Gasteiger partial charge < -0.3 is 4.74 Å². The van der Waals surface area contributed by atoms with Crippen molar-refractivity contribution in [3.05, 3.63) is 101 Å². The molecular weight excluding hydrogens is 370 g/mol. The fourth-order valence-corrected chi connectivity index (χ4v) is 3.56. The minimum atomic E-state index is -0.409. The molecule has 0 spiro atoms. The molecule has 3 nitrogen and oxygen atoms in total. The van der Waals surface area contributed by atoms with Gasteiger partial charge in [0.2, 0.25) is 0 Å². The van der Waals surface area contributed by atoms with Crippen LogP contribution in [0.15, 0.2) is 78.9 Å². The first-order valence-electron chi connectivity index (χ1n) is 10.1. The van der Waals surface area contributed by atoms with E-state index in [0.717, 1.165) is 38.7 Å². The minimum absolute atomic E-state index is 0.301. The molecule has 0 saturated carbocycles. The Morgan fingerprint density at radius 2 is 1.63 bits per heavy atom. The van der Waals surface area contributed by atoms with E-state index in [1.165, 1.54) is 0 Å². The summed E-state index contributed by atoms with van der Waals surface area (Å²) in [6, 6.07) is 26.1. The molecular formula is C27H23NO2. The van der Waals surface area contributed by atoms with E-state index in [1.807, 2.05) is 60.7 Å². The highest BCUT2D eigenvalue weighted by molar-refractivity contribution is 6.06. The van der Waals surface area contributed by atoms with Crippen molar-refractivity contribution in [3.8, 4) is 11.1 Å². The van der Waals surface area contributed by atoms with Crippen LogP contribution in [0.2, 0.25) is 0 Å². The van der Waals surface area contributed by atoms with Crippen molar-refractivity contribution in [3.63, 3.8) is 0 Å². The lowest BCUT2D eigenvalue weighted by molar-refractivity contribution is 0.0521. The zero-order chi connectivity index (χ0) is 20.9. The highest BCUT2D eigenvalue weighted by atomic mass is 16.5. The van der Waals surface area contributed by atoms with Crippen molar-refractivity contribution in [1.82, 2.24) is 4.98 Å². The van der Waals surface area contributed by atoms with Crippen molar-refractivity contribution in [2.24, 2.45) is 0 Å². The van der Waals surface area contributed by atoms with Crippen molar-refractivity contribution in [2.75, 3.05) is 6.61 Å². The molecule has 0 aliphatic heterocycles. The van der Waals surface area contributed by atoms with Crippen LogP contribution in [0, 0.1) is 6.92 Å². The van der Waals surface area contributed by atoms with Gasteiger partial charge >= 0.3 is 5.97 Å². The van der Waals surface area contributed by atoms with E-state index in [-0.39, 0.29) is 0 Å². The van der Waals surface area contributed by atoms with E-state index in [0.29, 0.717) is 12.3 Å². The summed E-state index contributed by atoms with van der Waals surface area (Å²) in [6.07, 6.45) is 4.14. The molecule has 1 aromatic heterocycles. The van der Waals surface area contributed by atoms with Crippen LogP contribution < -0.4 is 0 Å². The maximum atomic E-state index is 12.9. The molecule has 4 rings (SSSR count). The first kappa shape index (κ1) is 19.6. The van der Waals surface area contributed by atoms with E-state index in [2.05, 4.69) is 37.3 Å². The Hall–Kier alpha value is -3.72. The molecule has 0 radical (unpaired) electrons. The van der Waals surface area contributed by atoms with Crippen LogP contribution in [0.4, 0.5) is 0 Å². The molecule has 0 saturated heterocycles. The number of hydrogen-bond acceptors (Lipinski definition) is 3. The smallest absolute Gasteiger partial charge is 0.357 e. The first-order chi connectivity index (χ1) is 14.7. The van der Waals surface area contributed by atoms with Crippen LogP contribution in [-0.2, 0) is 4.74 Å². The van der Waals surface area contributed by atoms with Crippen LogP contribution >= 0.6 is 0 Å². The lowest BCUT2D eigenvalue weighted by atomic mass is 9.93. The highest BCUT2D eigenvalue weighted by Crippen LogP contribution is 2.34. The second-order valence-corrected chi connectivity index (χ2v) is 7.10. The Morgan fingerprint density at radius 3 is 2.33 bits per heavy atom. The topological polar surface area (TPSA) is 39.2 Å². The molecule has 0 fully saturated rings. The number of nitrogens with zero attached hydrogens (tertiary/aromatic N) is 1. The number of benzene rings is 3. The molecule has 0 aliphatic carbocycles. The molecule has 4 aromatic rings. The second-order valence-electron chi connectivity index (χ2n) is 7.10. The van der Waals surface area contributed by atoms with Crippen LogP contribution in [0.3, 0.4) is 0 Å². The van der Waals surface area contributed by atoms with Gasteiger partial charge in [-0.25, -0.2) is 9.78 Å². The summed E-state index contributed by atoms with van der Waals surface area (Å²) in [5.74, 6) is -0.409. The number of rotatable bonds is 5. The normalized spacial score (nSPS) is 11.1. The molecule has 0 atom stereocenters. The van der Waals surface area contributed by atoms with Crippen LogP contribution in [0.5, 0.6) is 0 Å². The fourth-order valence-electron chi connectivity index (χ4n) is 3.56. The predicted molar refractivity (Wildman–Crippen MR) is 123 cm³/mol. The van der Waals surface area contributed by atoms with E-state index in [1.54, 1.807) is 6.92 Å². The molecule has 3 aromatic carbocycles. The van der Waals surface area contributed by atoms with Crippen LogP contribution in [0.1, 0.15) is 34.1 Å². The number of fused-ring (bicyclic) bond motifs is 1. The fraction of sp³-hybridized carbons (Fsp3) is 0.111. The van der Waals surface area contributed by atoms with Gasteiger partial charge in [-0.2, -0.15) is 0 Å². The summed E-state index contributed by atoms with van der Waals surface area (Å²) in [4.78, 5) is 17.6. The number of aryl methyl sites for hydroxylation is 1. The molecule has 0 aliphatic rings. The van der Waals surface area contributed by atoms with Gasteiger partial charge in [0.15, 0.2) is 5.69 Å². The van der Waals surface area contributed by atoms with Gasteiger partial charge in [-0.3, -0.25) is 0 Å². The largest absolute Gasteiger partial charge is 0.461 e. The van der Waals surface area contributed by atoms with E-state index < -0.39 is 5.97 Å². The Labute approximate surface area is 176 Å². The Morgan fingerprint density at radius 1 is 0.933 bits per heavy atom. The summed E-state index contributed by atoms with van der Waals surface area (Å²) in [5, 5.41) is 1.01. The van der Waals surface area contributed by atoms with Gasteiger partial charge in [0.05, 0.1) is 12.1 Å². The number of carbonyl (C=O) groups is 1. The van der Waals surface area contributed by atoms with Crippen molar-refractivity contribution < 1.29 is 9.53 Å². The monoisotopic (exact) mass is 393 g/mol. The Kier molecular flexibility index (Phi) is 5.71. The second kappa shape index (κ2) is 8.75. The summed E-state index contributed by atoms with van der Waals surface area (Å²) in [7, 11) is 0. The average Bonchev–Trinajstić information content (AvgIpc) is 2.78. The van der Waals surface area contributed by atoms with Crippen molar-refractivity contribution in [1.29, 1.82) is 0 Å². The molecule has 0 N–H and O–H groups in total. The summed E-state index contributed by atoms with van der Waals surface area (Å²) in [5.41, 5.74) is 6.03. The Bertz CT molecular complexity index is 1210. The minimum Gasteiger partial charge on any atom is -0.461 e. The van der Waals surface area contributed by atoms with Gasteiger partial charge in [0.25, 0.3) is 0 Å². The lowest BCUT2D eigenvalue weighted by Crippen LogP contribution is -2.11. The summed E-state index contributed by atoms with van der Waals surface area (Å²) in [6.45, 7) is 4.17. The number of pyridine rings is 1. The molecule has 0 bridgehead atoms. The van der Waals surface area contributed by atoms with Gasteiger partial charge in [0.1, 0.15) is 0 Å². The van der Waals surface area contributed by atoms with Gasteiger partial charge in [0, 0.05) is 10.9 Å². The number of aromatic nitrogens is 1. The molecule has 1 heterocycles. The SMILES string of the molecule is CCOC(=O)c1nc2ccc(C)cc2c(/C=C/c2ccccc2)c1-c1ccccc1. The lowest BCUT2D eigenvalue weighted by Gasteiger charge is -2.15. The molecule has 30 heavy (non-hydrogen) atoms. The summed E-state index contributed by atoms with van der Waals surface area (Å²) >= 11 is 0. The summed E-state index contributed by atoms with van der Waals surface area (Å²) < 4.78 is 5.35. The van der Waals surface area contributed by atoms with Crippen LogP contribution in [-0.4, -0.2) is 17.6 Å². The third-order valence-electron chi connectivity index (χ3n) is 4.95. The highest BCUT2D eigenvalue weighted by Gasteiger charge is 2.21. The molecule has 148 valence electrons. The molecule has 0 amide bonds. The van der Waals surface area contributed by atoms with E-state index in [4.69, 9.17) is 9.72 Å². The average molecular weight is 393 g/mol. The van der Waals surface area contributed by atoms with Gasteiger partial charge in [-0.05, 0) is 42.7 Å². The zero-order valence-corrected chi connectivity index (χ0v) is 17.1. The van der Waals surface area contributed by atoms with Crippen molar-refractivity contribution in [2.45, 2.75) is 13.8 Å². The maximum absolute atomic E-state index is 12.9. The van der Waals surface area contributed by atoms with Crippen LogP contribution in [0.25, 0.3) is 34.2 Å². The maximum Gasteiger partial charge on any atom is 0.357 e. The third-order valence-corrected chi connectivity index (χ3v) is 4.95. The number of ether oxygens (including phenoxy) is 1.